The van der Waals surface area contributed by atoms with E-state index in [0.717, 1.165) is 25.6 Å². The van der Waals surface area contributed by atoms with Crippen LogP contribution in [0.5, 0.6) is 0 Å². The second kappa shape index (κ2) is 9.00. The van der Waals surface area contributed by atoms with Crippen LogP contribution in [0.15, 0.2) is 0 Å². The Morgan fingerprint density at radius 2 is 1.88 bits per heavy atom. The lowest BCUT2D eigenvalue weighted by atomic mass is 9.93. The van der Waals surface area contributed by atoms with Gasteiger partial charge in [-0.2, -0.15) is 0 Å². The third-order valence-corrected chi connectivity index (χ3v) is 3.67. The lowest BCUT2D eigenvalue weighted by Crippen LogP contribution is -2.32. The largest absolute Gasteiger partial charge is 0.380 e. The zero-order valence-corrected chi connectivity index (χ0v) is 11.1. The second-order valence-electron chi connectivity index (χ2n) is 5.15. The SMILES string of the molecule is CCCOCC(CC1CCCCCC1)NC. The zero-order valence-electron chi connectivity index (χ0n) is 11.1. The van der Waals surface area contributed by atoms with Gasteiger partial charge in [-0.15, -0.1) is 0 Å². The van der Waals surface area contributed by atoms with Gasteiger partial charge < -0.3 is 10.1 Å². The molecular weight excluding hydrogens is 198 g/mol. The third-order valence-electron chi connectivity index (χ3n) is 3.67. The van der Waals surface area contributed by atoms with Crippen molar-refractivity contribution in [2.45, 2.75) is 64.3 Å². The molecule has 1 atom stereocenters. The van der Waals surface area contributed by atoms with Crippen LogP contribution in [0.1, 0.15) is 58.3 Å². The summed E-state index contributed by atoms with van der Waals surface area (Å²) in [5.41, 5.74) is 0. The maximum Gasteiger partial charge on any atom is 0.0619 e. The van der Waals surface area contributed by atoms with Crippen LogP contribution < -0.4 is 5.32 Å². The Hall–Kier alpha value is -0.0800. The lowest BCUT2D eigenvalue weighted by molar-refractivity contribution is 0.105. The molecule has 1 aliphatic rings. The third kappa shape index (κ3) is 5.86. The number of rotatable bonds is 7. The summed E-state index contributed by atoms with van der Waals surface area (Å²) < 4.78 is 5.65. The van der Waals surface area contributed by atoms with E-state index < -0.39 is 0 Å². The smallest absolute Gasteiger partial charge is 0.0619 e. The summed E-state index contributed by atoms with van der Waals surface area (Å²) in [5, 5.41) is 3.40. The summed E-state index contributed by atoms with van der Waals surface area (Å²) in [7, 11) is 2.07. The number of ether oxygens (including phenoxy) is 1. The van der Waals surface area contributed by atoms with Gasteiger partial charge in [-0.05, 0) is 25.8 Å². The van der Waals surface area contributed by atoms with E-state index in [1.165, 1.54) is 44.9 Å². The molecule has 16 heavy (non-hydrogen) atoms. The highest BCUT2D eigenvalue weighted by atomic mass is 16.5. The fourth-order valence-corrected chi connectivity index (χ4v) is 2.64. The zero-order chi connectivity index (χ0) is 11.6. The molecule has 2 nitrogen and oxygen atoms in total. The Morgan fingerprint density at radius 1 is 1.19 bits per heavy atom. The molecule has 1 fully saturated rings. The Kier molecular flexibility index (Phi) is 7.87. The van der Waals surface area contributed by atoms with E-state index in [0.29, 0.717) is 6.04 Å². The van der Waals surface area contributed by atoms with Gasteiger partial charge >= 0.3 is 0 Å². The molecule has 1 rings (SSSR count). The molecule has 1 aliphatic carbocycles. The molecule has 0 bridgehead atoms. The maximum atomic E-state index is 5.65. The van der Waals surface area contributed by atoms with Crippen LogP contribution in [0.3, 0.4) is 0 Å². The van der Waals surface area contributed by atoms with Crippen molar-refractivity contribution < 1.29 is 4.74 Å². The van der Waals surface area contributed by atoms with Crippen LogP contribution in [-0.2, 0) is 4.74 Å². The molecule has 96 valence electrons. The molecule has 0 aromatic carbocycles. The van der Waals surface area contributed by atoms with Gasteiger partial charge in [0.25, 0.3) is 0 Å². The van der Waals surface area contributed by atoms with Crippen molar-refractivity contribution in [1.82, 2.24) is 5.32 Å². The summed E-state index contributed by atoms with van der Waals surface area (Å²) in [4.78, 5) is 0. The summed E-state index contributed by atoms with van der Waals surface area (Å²) in [6.45, 7) is 3.96. The first kappa shape index (κ1) is 14.0. The van der Waals surface area contributed by atoms with E-state index in [4.69, 9.17) is 4.74 Å². The molecule has 0 aromatic rings. The lowest BCUT2D eigenvalue weighted by Gasteiger charge is -2.22. The predicted octanol–water partition coefficient (Wildman–Crippen LogP) is 3.36. The highest BCUT2D eigenvalue weighted by Crippen LogP contribution is 2.26. The van der Waals surface area contributed by atoms with Gasteiger partial charge in [-0.3, -0.25) is 0 Å². The van der Waals surface area contributed by atoms with E-state index in [1.807, 2.05) is 0 Å². The van der Waals surface area contributed by atoms with Crippen molar-refractivity contribution in [3.05, 3.63) is 0 Å². The molecule has 0 heterocycles. The minimum absolute atomic E-state index is 0.564. The van der Waals surface area contributed by atoms with Gasteiger partial charge in [0.1, 0.15) is 0 Å². The number of hydrogen-bond donors (Lipinski definition) is 1. The van der Waals surface area contributed by atoms with Gasteiger partial charge in [-0.25, -0.2) is 0 Å². The van der Waals surface area contributed by atoms with E-state index >= 15 is 0 Å². The average Bonchev–Trinajstić information content (AvgIpc) is 2.56. The minimum atomic E-state index is 0.564. The van der Waals surface area contributed by atoms with Gasteiger partial charge in [0.05, 0.1) is 6.61 Å². The van der Waals surface area contributed by atoms with Crippen molar-refractivity contribution in [2.75, 3.05) is 20.3 Å². The average molecular weight is 227 g/mol. The Labute approximate surface area is 101 Å². The maximum absolute atomic E-state index is 5.65. The normalized spacial score (nSPS) is 20.6. The molecular formula is C14H29NO. The molecule has 0 spiro atoms. The van der Waals surface area contributed by atoms with Gasteiger partial charge in [0, 0.05) is 12.6 Å². The molecule has 1 N–H and O–H groups in total. The van der Waals surface area contributed by atoms with Crippen LogP contribution in [0.25, 0.3) is 0 Å². The van der Waals surface area contributed by atoms with Crippen molar-refractivity contribution >= 4 is 0 Å². The van der Waals surface area contributed by atoms with Crippen molar-refractivity contribution in [2.24, 2.45) is 5.92 Å². The fourth-order valence-electron chi connectivity index (χ4n) is 2.64. The Balaban J connectivity index is 2.19. The first-order valence-electron chi connectivity index (χ1n) is 7.11. The molecule has 0 radical (unpaired) electrons. The molecule has 0 aromatic heterocycles. The van der Waals surface area contributed by atoms with E-state index in [9.17, 15) is 0 Å². The van der Waals surface area contributed by atoms with E-state index in [2.05, 4.69) is 19.3 Å². The highest BCUT2D eigenvalue weighted by molar-refractivity contribution is 4.72. The number of nitrogens with one attached hydrogen (secondary N) is 1. The quantitative estimate of drug-likeness (QED) is 0.532. The van der Waals surface area contributed by atoms with E-state index in [1.54, 1.807) is 0 Å². The molecule has 2 heteroatoms. The monoisotopic (exact) mass is 227 g/mol. The summed E-state index contributed by atoms with van der Waals surface area (Å²) >= 11 is 0. The standard InChI is InChI=1S/C14H29NO/c1-3-10-16-12-14(15-2)11-13-8-6-4-5-7-9-13/h13-15H,3-12H2,1-2H3. The van der Waals surface area contributed by atoms with Crippen LogP contribution in [0, 0.1) is 5.92 Å². The van der Waals surface area contributed by atoms with Crippen molar-refractivity contribution in [1.29, 1.82) is 0 Å². The van der Waals surface area contributed by atoms with Gasteiger partial charge in [-0.1, -0.05) is 45.4 Å². The summed E-state index contributed by atoms with van der Waals surface area (Å²) in [6, 6.07) is 0.564. The highest BCUT2D eigenvalue weighted by Gasteiger charge is 2.17. The van der Waals surface area contributed by atoms with Crippen molar-refractivity contribution in [3.8, 4) is 0 Å². The van der Waals surface area contributed by atoms with Crippen LogP contribution in [0.4, 0.5) is 0 Å². The number of hydrogen-bond acceptors (Lipinski definition) is 2. The molecule has 0 amide bonds. The number of likely N-dealkylation sites (N-methyl/N-ethyl adjacent to an activating group) is 1. The van der Waals surface area contributed by atoms with Crippen LogP contribution >= 0.6 is 0 Å². The summed E-state index contributed by atoms with van der Waals surface area (Å²) in [6.07, 6.45) is 11.1. The second-order valence-corrected chi connectivity index (χ2v) is 5.15. The van der Waals surface area contributed by atoms with Gasteiger partial charge in [0.2, 0.25) is 0 Å². The molecule has 0 aliphatic heterocycles. The van der Waals surface area contributed by atoms with Crippen LogP contribution in [0.2, 0.25) is 0 Å². The van der Waals surface area contributed by atoms with E-state index in [-0.39, 0.29) is 0 Å². The minimum Gasteiger partial charge on any atom is -0.380 e. The molecule has 0 saturated heterocycles. The van der Waals surface area contributed by atoms with Gasteiger partial charge in [0.15, 0.2) is 0 Å². The Morgan fingerprint density at radius 3 is 2.44 bits per heavy atom. The first-order valence-corrected chi connectivity index (χ1v) is 7.11. The molecule has 1 unspecified atom stereocenters. The topological polar surface area (TPSA) is 21.3 Å². The summed E-state index contributed by atoms with van der Waals surface area (Å²) in [5.74, 6) is 0.935. The predicted molar refractivity (Wildman–Crippen MR) is 69.8 cm³/mol. The van der Waals surface area contributed by atoms with Crippen LogP contribution in [-0.4, -0.2) is 26.3 Å². The first-order chi connectivity index (χ1) is 7.86. The molecule has 1 saturated carbocycles. The fraction of sp³-hybridized carbons (Fsp3) is 1.00. The Bertz CT molecular complexity index is 153. The van der Waals surface area contributed by atoms with Crippen molar-refractivity contribution in [3.63, 3.8) is 0 Å².